The third-order valence-corrected chi connectivity index (χ3v) is 5.64. The number of carbonyl (C=O) groups is 1. The van der Waals surface area contributed by atoms with Crippen molar-refractivity contribution in [2.45, 2.75) is 51.7 Å². The van der Waals surface area contributed by atoms with Gasteiger partial charge >= 0.3 is 0 Å². The van der Waals surface area contributed by atoms with Gasteiger partial charge in [0.1, 0.15) is 0 Å². The van der Waals surface area contributed by atoms with Crippen LogP contribution in [0.4, 0.5) is 0 Å². The van der Waals surface area contributed by atoms with Crippen LogP contribution in [0.2, 0.25) is 0 Å². The second-order valence-corrected chi connectivity index (χ2v) is 6.36. The molecule has 0 aliphatic heterocycles. The maximum Gasteiger partial charge on any atom is 0.162 e. The Morgan fingerprint density at radius 2 is 1.94 bits per heavy atom. The van der Waals surface area contributed by atoms with Crippen LogP contribution in [-0.2, 0) is 4.79 Å². The molecule has 0 radical (unpaired) electrons. The van der Waals surface area contributed by atoms with E-state index in [2.05, 4.69) is 0 Å². The Labute approximate surface area is 102 Å². The van der Waals surface area contributed by atoms with E-state index < -0.39 is 17.1 Å². The van der Waals surface area contributed by atoms with Gasteiger partial charge < -0.3 is 10.2 Å². The van der Waals surface area contributed by atoms with Crippen LogP contribution in [0.5, 0.6) is 0 Å². The first-order valence-electron chi connectivity index (χ1n) is 6.51. The minimum absolute atomic E-state index is 0.0263. The molecule has 3 rings (SSSR count). The maximum absolute atomic E-state index is 12.2. The van der Waals surface area contributed by atoms with Crippen LogP contribution in [0, 0.1) is 17.3 Å². The Balaban J connectivity index is 2.18. The van der Waals surface area contributed by atoms with E-state index in [-0.39, 0.29) is 17.6 Å². The van der Waals surface area contributed by atoms with Crippen molar-refractivity contribution in [3.8, 4) is 0 Å². The molecule has 5 unspecified atom stereocenters. The summed E-state index contributed by atoms with van der Waals surface area (Å²) in [5.74, 6) is -0.0497. The Bertz CT molecular complexity index is 439. The standard InChI is InChI=1S/C14H20O3/c1-7-6-9-10(11(7)15)13(3)4-5-14(13,17)8(2)12(9)16/h7-8,12,16-17H,4-6H2,1-3H3. The number of aliphatic hydroxyl groups excluding tert-OH is 1. The van der Waals surface area contributed by atoms with Gasteiger partial charge in [-0.05, 0) is 24.8 Å². The largest absolute Gasteiger partial charge is 0.389 e. The lowest BCUT2D eigenvalue weighted by Gasteiger charge is -2.61. The number of ketones is 1. The van der Waals surface area contributed by atoms with Gasteiger partial charge in [0.25, 0.3) is 0 Å². The molecule has 3 aliphatic carbocycles. The molecule has 0 amide bonds. The third kappa shape index (κ3) is 1.03. The van der Waals surface area contributed by atoms with E-state index in [0.717, 1.165) is 17.6 Å². The number of rotatable bonds is 0. The van der Waals surface area contributed by atoms with Crippen LogP contribution in [0.1, 0.15) is 40.0 Å². The van der Waals surface area contributed by atoms with Gasteiger partial charge in [-0.25, -0.2) is 0 Å². The lowest BCUT2D eigenvalue weighted by molar-refractivity contribution is -0.199. The molecule has 0 heterocycles. The predicted molar refractivity (Wildman–Crippen MR) is 63.3 cm³/mol. The van der Waals surface area contributed by atoms with Gasteiger partial charge in [0, 0.05) is 22.8 Å². The molecule has 5 atom stereocenters. The highest BCUT2D eigenvalue weighted by atomic mass is 16.3. The third-order valence-electron chi connectivity index (χ3n) is 5.64. The molecule has 0 spiro atoms. The Kier molecular flexibility index (Phi) is 2.02. The number of Topliss-reactive ketones (excluding diaryl/α,β-unsaturated/α-hetero) is 1. The molecule has 3 nitrogen and oxygen atoms in total. The van der Waals surface area contributed by atoms with Crippen LogP contribution >= 0.6 is 0 Å². The maximum atomic E-state index is 12.2. The molecule has 0 saturated heterocycles. The first kappa shape index (κ1) is 11.4. The molecule has 0 aromatic rings. The van der Waals surface area contributed by atoms with E-state index in [1.807, 2.05) is 20.8 Å². The minimum atomic E-state index is -0.884. The average Bonchev–Trinajstić information content (AvgIpc) is 2.59. The van der Waals surface area contributed by atoms with Crippen molar-refractivity contribution >= 4 is 5.78 Å². The number of hydrogen-bond acceptors (Lipinski definition) is 3. The monoisotopic (exact) mass is 236 g/mol. The summed E-state index contributed by atoms with van der Waals surface area (Å²) in [5.41, 5.74) is 0.361. The topological polar surface area (TPSA) is 57.5 Å². The lowest BCUT2D eigenvalue weighted by atomic mass is 9.46. The Morgan fingerprint density at radius 3 is 2.47 bits per heavy atom. The van der Waals surface area contributed by atoms with E-state index >= 15 is 0 Å². The van der Waals surface area contributed by atoms with Gasteiger partial charge in [-0.2, -0.15) is 0 Å². The second kappa shape index (κ2) is 3.01. The molecule has 17 heavy (non-hydrogen) atoms. The molecule has 0 aromatic heterocycles. The molecule has 1 fully saturated rings. The van der Waals surface area contributed by atoms with Crippen molar-refractivity contribution in [1.82, 2.24) is 0 Å². The van der Waals surface area contributed by atoms with Crippen molar-refractivity contribution < 1.29 is 15.0 Å². The Hall–Kier alpha value is -0.670. The summed E-state index contributed by atoms with van der Waals surface area (Å²) in [6, 6.07) is 0. The van der Waals surface area contributed by atoms with Crippen LogP contribution in [-0.4, -0.2) is 27.7 Å². The zero-order valence-corrected chi connectivity index (χ0v) is 10.7. The highest BCUT2D eigenvalue weighted by molar-refractivity contribution is 6.02. The number of carbonyl (C=O) groups excluding carboxylic acids is 1. The van der Waals surface area contributed by atoms with Crippen LogP contribution in [0.25, 0.3) is 0 Å². The summed E-state index contributed by atoms with van der Waals surface area (Å²) in [5, 5.41) is 21.0. The average molecular weight is 236 g/mol. The van der Waals surface area contributed by atoms with Gasteiger partial charge in [-0.15, -0.1) is 0 Å². The fourth-order valence-corrected chi connectivity index (χ4v) is 4.21. The smallest absolute Gasteiger partial charge is 0.162 e. The quantitative estimate of drug-likeness (QED) is 0.669. The van der Waals surface area contributed by atoms with E-state index in [1.165, 1.54) is 0 Å². The summed E-state index contributed by atoms with van der Waals surface area (Å²) in [6.45, 7) is 5.81. The zero-order valence-electron chi connectivity index (χ0n) is 10.7. The van der Waals surface area contributed by atoms with E-state index in [9.17, 15) is 15.0 Å². The summed E-state index contributed by atoms with van der Waals surface area (Å²) in [7, 11) is 0. The van der Waals surface area contributed by atoms with Gasteiger partial charge in [0.05, 0.1) is 11.7 Å². The minimum Gasteiger partial charge on any atom is -0.389 e. The van der Waals surface area contributed by atoms with E-state index in [4.69, 9.17) is 0 Å². The van der Waals surface area contributed by atoms with Gasteiger partial charge in [-0.3, -0.25) is 4.79 Å². The van der Waals surface area contributed by atoms with Crippen molar-refractivity contribution in [2.75, 3.05) is 0 Å². The Morgan fingerprint density at radius 1 is 1.29 bits per heavy atom. The highest BCUT2D eigenvalue weighted by Crippen LogP contribution is 2.64. The van der Waals surface area contributed by atoms with E-state index in [1.54, 1.807) is 0 Å². The molecule has 0 bridgehead atoms. The van der Waals surface area contributed by atoms with Crippen LogP contribution in [0.15, 0.2) is 11.1 Å². The molecule has 94 valence electrons. The fourth-order valence-electron chi connectivity index (χ4n) is 4.21. The number of fused-ring (bicyclic) bond motifs is 2. The molecular weight excluding hydrogens is 216 g/mol. The first-order valence-corrected chi connectivity index (χ1v) is 6.51. The highest BCUT2D eigenvalue weighted by Gasteiger charge is 2.67. The second-order valence-electron chi connectivity index (χ2n) is 6.36. The van der Waals surface area contributed by atoms with Gasteiger partial charge in [0.2, 0.25) is 0 Å². The van der Waals surface area contributed by atoms with E-state index in [0.29, 0.717) is 12.8 Å². The fraction of sp³-hybridized carbons (Fsp3) is 0.786. The van der Waals surface area contributed by atoms with Gasteiger partial charge in [0.15, 0.2) is 5.78 Å². The SMILES string of the molecule is CC1CC2=C(C1=O)C1(C)CCC1(O)C(C)C2O. The van der Waals surface area contributed by atoms with Crippen LogP contribution in [0.3, 0.4) is 0 Å². The van der Waals surface area contributed by atoms with Crippen molar-refractivity contribution in [1.29, 1.82) is 0 Å². The summed E-state index contributed by atoms with van der Waals surface area (Å²) in [6.07, 6.45) is 1.58. The number of aliphatic hydroxyl groups is 2. The summed E-state index contributed by atoms with van der Waals surface area (Å²) < 4.78 is 0. The summed E-state index contributed by atoms with van der Waals surface area (Å²) in [4.78, 5) is 12.2. The van der Waals surface area contributed by atoms with Crippen molar-refractivity contribution in [2.24, 2.45) is 17.3 Å². The predicted octanol–water partition coefficient (Wildman–Crippen LogP) is 1.43. The molecule has 1 saturated carbocycles. The molecular formula is C14H20O3. The molecule has 2 N–H and O–H groups in total. The van der Waals surface area contributed by atoms with Crippen molar-refractivity contribution in [3.05, 3.63) is 11.1 Å². The molecule has 3 aliphatic rings. The molecule has 3 heteroatoms. The van der Waals surface area contributed by atoms with Crippen LogP contribution < -0.4 is 0 Å². The lowest BCUT2D eigenvalue weighted by Crippen LogP contribution is -2.66. The molecule has 0 aromatic carbocycles. The first-order chi connectivity index (χ1) is 7.83. The van der Waals surface area contributed by atoms with Crippen molar-refractivity contribution in [3.63, 3.8) is 0 Å². The summed E-state index contributed by atoms with van der Waals surface area (Å²) >= 11 is 0. The normalized spacial score (nSPS) is 53.2. The zero-order chi connectivity index (χ0) is 12.6. The number of hydrogen-bond donors (Lipinski definition) is 2. The van der Waals surface area contributed by atoms with Gasteiger partial charge in [-0.1, -0.05) is 20.8 Å².